The average Bonchev–Trinajstić information content (AvgIpc) is 3.36. The molecule has 2 aromatic rings. The van der Waals surface area contributed by atoms with E-state index in [1.54, 1.807) is 5.38 Å². The van der Waals surface area contributed by atoms with Crippen LogP contribution in [0, 0.1) is 17.8 Å². The molecule has 7 nitrogen and oxygen atoms in total. The zero-order valence-corrected chi connectivity index (χ0v) is 22.2. The number of methoxy groups -OCH3 is 1. The number of thiazole rings is 1. The Morgan fingerprint density at radius 3 is 2.37 bits per heavy atom. The van der Waals surface area contributed by atoms with Crippen LogP contribution in [0.3, 0.4) is 0 Å². The van der Waals surface area contributed by atoms with Crippen LogP contribution in [0.4, 0.5) is 5.69 Å². The largest absolute Gasteiger partial charge is 0.495 e. The van der Waals surface area contributed by atoms with Crippen LogP contribution in [0.25, 0.3) is 0 Å². The Bertz CT molecular complexity index is 1110. The predicted molar refractivity (Wildman–Crippen MR) is 138 cm³/mol. The van der Waals surface area contributed by atoms with Gasteiger partial charge >= 0.3 is 5.97 Å². The van der Waals surface area contributed by atoms with Crippen molar-refractivity contribution in [3.05, 3.63) is 34.2 Å². The lowest BCUT2D eigenvalue weighted by atomic mass is 9.69. The molecule has 0 spiro atoms. The maximum atomic E-state index is 13.0. The second-order valence-electron chi connectivity index (χ2n) is 10.0. The van der Waals surface area contributed by atoms with Gasteiger partial charge in [0.2, 0.25) is 0 Å². The lowest BCUT2D eigenvalue weighted by Gasteiger charge is -2.37. The number of anilines is 1. The van der Waals surface area contributed by atoms with Crippen molar-refractivity contribution in [1.82, 2.24) is 4.98 Å². The van der Waals surface area contributed by atoms with E-state index in [2.05, 4.69) is 16.6 Å². The number of rotatable bonds is 9. The highest BCUT2D eigenvalue weighted by molar-refractivity contribution is 7.92. The van der Waals surface area contributed by atoms with Gasteiger partial charge in [0.1, 0.15) is 5.75 Å². The number of benzene rings is 1. The van der Waals surface area contributed by atoms with E-state index in [1.165, 1.54) is 88.0 Å². The van der Waals surface area contributed by atoms with Crippen molar-refractivity contribution in [2.75, 3.05) is 11.8 Å². The van der Waals surface area contributed by atoms with Crippen molar-refractivity contribution in [3.63, 3.8) is 0 Å². The standard InChI is InChI=1S/C26H36N2O5S2/c1-3-4-17-5-7-18(8-6-17)19-9-11-20(12-10-19)25-27-24(16-34-25)35(31,32)28-22-14-13-21(26(29)30)15-23(22)33-2/h13-20,28H,3-12H2,1-2H3,(H,29,30). The Labute approximate surface area is 212 Å². The molecule has 1 aromatic carbocycles. The summed E-state index contributed by atoms with van der Waals surface area (Å²) in [6, 6.07) is 4.02. The van der Waals surface area contributed by atoms with Crippen LogP contribution in [0.5, 0.6) is 5.75 Å². The molecule has 4 rings (SSSR count). The molecule has 1 heterocycles. The van der Waals surface area contributed by atoms with E-state index < -0.39 is 16.0 Å². The zero-order chi connectivity index (χ0) is 25.0. The maximum absolute atomic E-state index is 13.0. The molecule has 0 unspecified atom stereocenters. The molecule has 0 aliphatic heterocycles. The molecule has 2 fully saturated rings. The summed E-state index contributed by atoms with van der Waals surface area (Å²) in [5.74, 6) is 1.96. The van der Waals surface area contributed by atoms with Gasteiger partial charge in [-0.05, 0) is 74.5 Å². The van der Waals surface area contributed by atoms with Crippen molar-refractivity contribution >= 4 is 33.0 Å². The topological polar surface area (TPSA) is 106 Å². The van der Waals surface area contributed by atoms with Gasteiger partial charge in [-0.3, -0.25) is 4.72 Å². The lowest BCUT2D eigenvalue weighted by molar-refractivity contribution is 0.0696. The first-order chi connectivity index (χ1) is 16.8. The summed E-state index contributed by atoms with van der Waals surface area (Å²) in [4.78, 5) is 15.7. The number of nitrogens with zero attached hydrogens (tertiary/aromatic N) is 1. The van der Waals surface area contributed by atoms with Crippen LogP contribution in [-0.4, -0.2) is 31.6 Å². The molecular formula is C26H36N2O5S2. The van der Waals surface area contributed by atoms with E-state index in [1.807, 2.05) is 0 Å². The minimum Gasteiger partial charge on any atom is -0.495 e. The number of hydrogen-bond acceptors (Lipinski definition) is 6. The van der Waals surface area contributed by atoms with E-state index >= 15 is 0 Å². The normalized spacial score (nSPS) is 25.2. The molecule has 0 saturated heterocycles. The minimum absolute atomic E-state index is 0.00164. The number of carboxylic acid groups (broad SMARTS) is 1. The first-order valence-electron chi connectivity index (χ1n) is 12.7. The Kier molecular flexibility index (Phi) is 8.37. The maximum Gasteiger partial charge on any atom is 0.335 e. The van der Waals surface area contributed by atoms with Gasteiger partial charge < -0.3 is 9.84 Å². The Balaban J connectivity index is 1.36. The highest BCUT2D eigenvalue weighted by atomic mass is 32.2. The Morgan fingerprint density at radius 1 is 1.11 bits per heavy atom. The van der Waals surface area contributed by atoms with E-state index in [-0.39, 0.29) is 22.0 Å². The third-order valence-electron chi connectivity index (χ3n) is 7.85. The van der Waals surface area contributed by atoms with Crippen LogP contribution in [0.15, 0.2) is 28.6 Å². The highest BCUT2D eigenvalue weighted by Gasteiger charge is 2.32. The number of ether oxygens (including phenoxy) is 1. The summed E-state index contributed by atoms with van der Waals surface area (Å²) in [6.07, 6.45) is 12.8. The third kappa shape index (κ3) is 6.17. The molecule has 0 amide bonds. The monoisotopic (exact) mass is 520 g/mol. The van der Waals surface area contributed by atoms with Crippen LogP contribution in [0.2, 0.25) is 0 Å². The van der Waals surface area contributed by atoms with Gasteiger partial charge in [0.15, 0.2) is 5.03 Å². The van der Waals surface area contributed by atoms with Crippen molar-refractivity contribution < 1.29 is 23.1 Å². The SMILES string of the molecule is CCCC1CCC(C2CCC(c3nc(S(=O)(=O)Nc4ccc(C(=O)O)cc4OC)cs3)CC2)CC1. The molecule has 1 aromatic heterocycles. The van der Waals surface area contributed by atoms with Crippen molar-refractivity contribution in [3.8, 4) is 5.75 Å². The van der Waals surface area contributed by atoms with Crippen molar-refractivity contribution in [2.24, 2.45) is 17.8 Å². The second kappa shape index (κ2) is 11.3. The van der Waals surface area contributed by atoms with E-state index in [0.29, 0.717) is 5.92 Å². The fourth-order valence-corrected chi connectivity index (χ4v) is 8.23. The summed E-state index contributed by atoms with van der Waals surface area (Å²) in [7, 11) is -2.55. The molecule has 0 atom stereocenters. The minimum atomic E-state index is -3.91. The van der Waals surface area contributed by atoms with Crippen LogP contribution < -0.4 is 9.46 Å². The zero-order valence-electron chi connectivity index (χ0n) is 20.5. The molecule has 9 heteroatoms. The summed E-state index contributed by atoms with van der Waals surface area (Å²) < 4.78 is 33.6. The Hall–Kier alpha value is -2.13. The van der Waals surface area contributed by atoms with Crippen LogP contribution in [0.1, 0.15) is 92.4 Å². The van der Waals surface area contributed by atoms with Crippen LogP contribution in [-0.2, 0) is 10.0 Å². The molecular weight excluding hydrogens is 484 g/mol. The molecule has 35 heavy (non-hydrogen) atoms. The molecule has 192 valence electrons. The number of hydrogen-bond donors (Lipinski definition) is 2. The summed E-state index contributed by atoms with van der Waals surface area (Å²) in [5, 5.41) is 11.6. The number of carbonyl (C=O) groups is 1. The number of aromatic nitrogens is 1. The van der Waals surface area contributed by atoms with E-state index in [4.69, 9.17) is 9.84 Å². The third-order valence-corrected chi connectivity index (χ3v) is 10.2. The van der Waals surface area contributed by atoms with Gasteiger partial charge in [-0.25, -0.2) is 9.78 Å². The fourth-order valence-electron chi connectivity index (χ4n) is 5.88. The molecule has 2 aliphatic rings. The number of aromatic carboxylic acids is 1. The van der Waals surface area contributed by atoms with Crippen molar-refractivity contribution in [1.29, 1.82) is 0 Å². The molecule has 0 radical (unpaired) electrons. The number of carboxylic acids is 1. The van der Waals surface area contributed by atoms with Gasteiger partial charge in [-0.2, -0.15) is 8.42 Å². The number of sulfonamides is 1. The first-order valence-corrected chi connectivity index (χ1v) is 15.1. The summed E-state index contributed by atoms with van der Waals surface area (Å²) in [5.41, 5.74) is 0.201. The van der Waals surface area contributed by atoms with E-state index in [9.17, 15) is 13.2 Å². The molecule has 2 N–H and O–H groups in total. The quantitative estimate of drug-likeness (QED) is 0.389. The average molecular weight is 521 g/mol. The molecule has 2 aliphatic carbocycles. The van der Waals surface area contributed by atoms with Crippen molar-refractivity contribution in [2.45, 2.75) is 82.1 Å². The summed E-state index contributed by atoms with van der Waals surface area (Å²) in [6.45, 7) is 2.29. The van der Waals surface area contributed by atoms with Gasteiger partial charge in [0.05, 0.1) is 23.4 Å². The van der Waals surface area contributed by atoms with Gasteiger partial charge in [-0.1, -0.05) is 32.6 Å². The van der Waals surface area contributed by atoms with Gasteiger partial charge in [-0.15, -0.1) is 11.3 Å². The Morgan fingerprint density at radius 2 is 1.77 bits per heavy atom. The number of nitrogens with one attached hydrogen (secondary N) is 1. The lowest BCUT2D eigenvalue weighted by Crippen LogP contribution is -2.25. The first kappa shape index (κ1) is 25.9. The van der Waals surface area contributed by atoms with E-state index in [0.717, 1.165) is 35.6 Å². The second-order valence-corrected chi connectivity index (χ2v) is 12.5. The smallest absolute Gasteiger partial charge is 0.335 e. The predicted octanol–water partition coefficient (Wildman–Crippen LogP) is 6.53. The molecule has 0 bridgehead atoms. The highest BCUT2D eigenvalue weighted by Crippen LogP contribution is 2.45. The van der Waals surface area contributed by atoms with Gasteiger partial charge in [0.25, 0.3) is 10.0 Å². The summed E-state index contributed by atoms with van der Waals surface area (Å²) >= 11 is 1.41. The van der Waals surface area contributed by atoms with Gasteiger partial charge in [0, 0.05) is 11.3 Å². The molecule has 2 saturated carbocycles. The fraction of sp³-hybridized carbons (Fsp3) is 0.615. The van der Waals surface area contributed by atoms with Crippen LogP contribution >= 0.6 is 11.3 Å².